The van der Waals surface area contributed by atoms with E-state index in [4.69, 9.17) is 15.2 Å². The topological polar surface area (TPSA) is 140 Å². The number of ether oxygens (including phenoxy) is 2. The van der Waals surface area contributed by atoms with Gasteiger partial charge in [-0.15, -0.1) is 5.10 Å². The van der Waals surface area contributed by atoms with E-state index in [1.165, 1.54) is 12.1 Å². The monoisotopic (exact) mass is 655 g/mol. The van der Waals surface area contributed by atoms with Crippen LogP contribution < -0.4 is 15.2 Å². The van der Waals surface area contributed by atoms with Gasteiger partial charge in [0.15, 0.2) is 0 Å². The van der Waals surface area contributed by atoms with Crippen LogP contribution in [0.3, 0.4) is 0 Å². The molecule has 32 heavy (non-hydrogen) atoms. The van der Waals surface area contributed by atoms with E-state index in [1.54, 1.807) is 12.1 Å². The number of nitrogens with zero attached hydrogens (tertiary/aromatic N) is 3. The van der Waals surface area contributed by atoms with E-state index in [0.29, 0.717) is 22.8 Å². The van der Waals surface area contributed by atoms with E-state index in [1.807, 2.05) is 19.1 Å². The van der Waals surface area contributed by atoms with Gasteiger partial charge in [0.05, 0.1) is 18.0 Å². The zero-order chi connectivity index (χ0) is 23.0. The molecule has 0 saturated heterocycles. The third-order valence-electron chi connectivity index (χ3n) is 4.99. The Labute approximate surface area is 210 Å². The van der Waals surface area contributed by atoms with Crippen molar-refractivity contribution in [1.82, 2.24) is 10.2 Å². The molecule has 2 heterocycles. The molecular weight excluding hydrogens is 640 g/mol. The fourth-order valence-corrected chi connectivity index (χ4v) is 5.66. The summed E-state index contributed by atoms with van der Waals surface area (Å²) in [7, 11) is 0. The molecule has 2 aromatic carbocycles. The number of halogens is 2. The highest BCUT2D eigenvalue weighted by atomic mass is 127. The van der Waals surface area contributed by atoms with Crippen LogP contribution in [-0.4, -0.2) is 15.1 Å². The van der Waals surface area contributed by atoms with Crippen LogP contribution in [0, 0.1) is 35.5 Å². The highest BCUT2D eigenvalue weighted by Gasteiger charge is 2.34. The number of aryl methyl sites for hydroxylation is 1. The largest absolute Gasteiger partial charge is 0.487 e. The molecule has 0 amide bonds. The summed E-state index contributed by atoms with van der Waals surface area (Å²) in [5, 5.41) is 27.8. The van der Waals surface area contributed by atoms with Crippen molar-refractivity contribution in [3.8, 4) is 17.7 Å². The number of allylic oxidation sites excluding steroid dienone is 1. The van der Waals surface area contributed by atoms with Crippen LogP contribution in [-0.2, 0) is 6.61 Å². The number of aromatic amines is 1. The number of nitro groups is 1. The minimum Gasteiger partial charge on any atom is -0.487 e. The van der Waals surface area contributed by atoms with E-state index in [0.717, 1.165) is 24.0 Å². The Balaban J connectivity index is 1.68. The van der Waals surface area contributed by atoms with Crippen LogP contribution in [0.15, 0.2) is 47.9 Å². The number of nitriles is 1. The summed E-state index contributed by atoms with van der Waals surface area (Å²) >= 11 is 4.35. The molecule has 0 fully saturated rings. The lowest BCUT2D eigenvalue weighted by atomic mass is 9.84. The number of non-ortho nitro benzene ring substituents is 1. The molecule has 0 saturated carbocycles. The van der Waals surface area contributed by atoms with Crippen molar-refractivity contribution >= 4 is 50.9 Å². The minimum absolute atomic E-state index is 0.0186. The number of rotatable bonds is 5. The molecule has 1 aromatic heterocycles. The molecule has 0 spiro atoms. The smallest absolute Gasteiger partial charge is 0.269 e. The first kappa shape index (κ1) is 22.3. The number of nitrogens with one attached hydrogen (secondary N) is 1. The highest BCUT2D eigenvalue weighted by molar-refractivity contribution is 14.1. The van der Waals surface area contributed by atoms with Crippen LogP contribution in [0.1, 0.15) is 28.3 Å². The summed E-state index contributed by atoms with van der Waals surface area (Å²) in [6, 6.07) is 12.4. The molecule has 1 aliphatic rings. The summed E-state index contributed by atoms with van der Waals surface area (Å²) < 4.78 is 13.2. The number of aromatic nitrogens is 2. The summed E-state index contributed by atoms with van der Waals surface area (Å²) in [4.78, 5) is 10.6. The Morgan fingerprint density at radius 2 is 2.06 bits per heavy atom. The Kier molecular flexibility index (Phi) is 6.24. The maximum atomic E-state index is 11.0. The lowest BCUT2D eigenvalue weighted by Gasteiger charge is -2.24. The first-order chi connectivity index (χ1) is 15.3. The Morgan fingerprint density at radius 3 is 2.72 bits per heavy atom. The molecule has 0 unspecified atom stereocenters. The molecule has 11 heteroatoms. The van der Waals surface area contributed by atoms with Crippen LogP contribution in [0.2, 0.25) is 0 Å². The molecule has 9 nitrogen and oxygen atoms in total. The normalized spacial score (nSPS) is 15.0. The van der Waals surface area contributed by atoms with Crippen LogP contribution in [0.5, 0.6) is 11.6 Å². The van der Waals surface area contributed by atoms with Crippen molar-refractivity contribution in [2.45, 2.75) is 19.4 Å². The lowest BCUT2D eigenvalue weighted by Crippen LogP contribution is -2.21. The number of nitro benzene ring substituents is 1. The number of hydrogen-bond acceptors (Lipinski definition) is 7. The molecule has 0 bridgehead atoms. The molecule has 4 rings (SSSR count). The van der Waals surface area contributed by atoms with Gasteiger partial charge >= 0.3 is 0 Å². The maximum Gasteiger partial charge on any atom is 0.269 e. The molecule has 1 atom stereocenters. The first-order valence-electron chi connectivity index (χ1n) is 9.27. The number of hydrogen-bond donors (Lipinski definition) is 2. The van der Waals surface area contributed by atoms with E-state index in [2.05, 4.69) is 61.4 Å². The average Bonchev–Trinajstić information content (AvgIpc) is 3.12. The van der Waals surface area contributed by atoms with Crippen molar-refractivity contribution in [3.63, 3.8) is 0 Å². The summed E-state index contributed by atoms with van der Waals surface area (Å²) in [6.07, 6.45) is 0. The number of nitrogens with two attached hydrogens (primary N) is 1. The van der Waals surface area contributed by atoms with Gasteiger partial charge in [-0.3, -0.25) is 15.2 Å². The molecule has 162 valence electrons. The van der Waals surface area contributed by atoms with Crippen LogP contribution in [0.4, 0.5) is 5.69 Å². The third-order valence-corrected chi connectivity index (χ3v) is 6.59. The summed E-state index contributed by atoms with van der Waals surface area (Å²) in [6.45, 7) is 2.05. The Bertz CT molecular complexity index is 1290. The number of H-pyrrole nitrogens is 1. The van der Waals surface area contributed by atoms with Gasteiger partial charge in [-0.1, -0.05) is 12.1 Å². The fourth-order valence-electron chi connectivity index (χ4n) is 3.53. The third kappa shape index (κ3) is 4.11. The quantitative estimate of drug-likeness (QED) is 0.232. The molecular formula is C21H15I2N5O4. The van der Waals surface area contributed by atoms with E-state index < -0.39 is 10.8 Å². The first-order valence-corrected chi connectivity index (χ1v) is 11.4. The van der Waals surface area contributed by atoms with Gasteiger partial charge in [0.1, 0.15) is 24.0 Å². The van der Waals surface area contributed by atoms with Gasteiger partial charge in [0.25, 0.3) is 5.69 Å². The number of benzene rings is 2. The second-order valence-corrected chi connectivity index (χ2v) is 9.35. The molecule has 0 radical (unpaired) electrons. The zero-order valence-corrected chi connectivity index (χ0v) is 20.9. The molecule has 3 aromatic rings. The predicted molar refractivity (Wildman–Crippen MR) is 132 cm³/mol. The second kappa shape index (κ2) is 8.94. The molecule has 3 N–H and O–H groups in total. The van der Waals surface area contributed by atoms with Gasteiger partial charge < -0.3 is 15.2 Å². The highest BCUT2D eigenvalue weighted by Crippen LogP contribution is 2.44. The van der Waals surface area contributed by atoms with E-state index in [9.17, 15) is 15.4 Å². The number of fused-ring (bicyclic) bond motifs is 1. The van der Waals surface area contributed by atoms with Crippen LogP contribution in [0.25, 0.3) is 0 Å². The van der Waals surface area contributed by atoms with Crippen molar-refractivity contribution in [2.75, 3.05) is 0 Å². The maximum absolute atomic E-state index is 11.0. The van der Waals surface area contributed by atoms with Gasteiger partial charge in [-0.2, -0.15) is 5.26 Å². The standard InChI is InChI=1S/C21H15I2N5O4/c1-10-17-18(14(8-24)20(25)32-21(17)27-26-10)12-6-15(22)19(16(23)7-12)31-9-11-3-2-4-13(5-11)28(29)30/h2-7,18H,9,25H2,1H3,(H,26,27)/t18-/m1/s1. The average molecular weight is 655 g/mol. The van der Waals surface area contributed by atoms with Gasteiger partial charge in [0.2, 0.25) is 11.8 Å². The van der Waals surface area contributed by atoms with Gasteiger partial charge in [-0.05, 0) is 75.4 Å². The van der Waals surface area contributed by atoms with E-state index >= 15 is 0 Å². The van der Waals surface area contributed by atoms with Crippen LogP contribution >= 0.6 is 45.2 Å². The second-order valence-electron chi connectivity index (χ2n) is 7.02. The van der Waals surface area contributed by atoms with Crippen molar-refractivity contribution < 1.29 is 14.4 Å². The van der Waals surface area contributed by atoms with Crippen molar-refractivity contribution in [2.24, 2.45) is 5.73 Å². The fraction of sp³-hybridized carbons (Fsp3) is 0.143. The van der Waals surface area contributed by atoms with Gasteiger partial charge in [-0.25, -0.2) is 0 Å². The van der Waals surface area contributed by atoms with Crippen molar-refractivity contribution in [3.05, 3.63) is 87.5 Å². The zero-order valence-electron chi connectivity index (χ0n) is 16.6. The molecule has 1 aliphatic heterocycles. The Morgan fingerprint density at radius 1 is 1.34 bits per heavy atom. The molecule has 0 aliphatic carbocycles. The summed E-state index contributed by atoms with van der Waals surface area (Å²) in [5.41, 5.74) is 9.45. The SMILES string of the molecule is Cc1[nH]nc2c1[C@H](c1cc(I)c(OCc3cccc([N+](=O)[O-])c3)c(I)c1)C(C#N)=C(N)O2. The predicted octanol–water partition coefficient (Wildman–Crippen LogP) is 4.63. The van der Waals surface area contributed by atoms with Crippen molar-refractivity contribution in [1.29, 1.82) is 5.26 Å². The minimum atomic E-state index is -0.433. The Hall–Kier alpha value is -2.86. The summed E-state index contributed by atoms with van der Waals surface area (Å²) in [5.74, 6) is 0.635. The lowest BCUT2D eigenvalue weighted by molar-refractivity contribution is -0.384. The van der Waals surface area contributed by atoms with Gasteiger partial charge in [0, 0.05) is 23.4 Å². The van der Waals surface area contributed by atoms with E-state index in [-0.39, 0.29) is 18.2 Å².